The molecule has 1 aliphatic carbocycles. The van der Waals surface area contributed by atoms with Crippen molar-refractivity contribution in [3.8, 4) is 11.4 Å². The summed E-state index contributed by atoms with van der Waals surface area (Å²) in [6.45, 7) is 6.80. The van der Waals surface area contributed by atoms with Gasteiger partial charge in [-0.1, -0.05) is 62.2 Å². The molecule has 1 aromatic carbocycles. The Morgan fingerprint density at radius 1 is 1.18 bits per heavy atom. The highest BCUT2D eigenvalue weighted by Crippen LogP contribution is 2.31. The van der Waals surface area contributed by atoms with Gasteiger partial charge >= 0.3 is 0 Å². The monoisotopic (exact) mass is 299 g/mol. The van der Waals surface area contributed by atoms with Gasteiger partial charge in [0.2, 0.25) is 11.7 Å². The van der Waals surface area contributed by atoms with Crippen LogP contribution in [0.15, 0.2) is 34.9 Å². The molecule has 2 aromatic rings. The maximum Gasteiger partial charge on any atom is 0.243 e. The Hall–Kier alpha value is -1.68. The first-order chi connectivity index (χ1) is 10.6. The van der Waals surface area contributed by atoms with Crippen molar-refractivity contribution < 1.29 is 4.52 Å². The van der Waals surface area contributed by atoms with Crippen molar-refractivity contribution in [2.75, 3.05) is 0 Å². The van der Waals surface area contributed by atoms with E-state index in [0.29, 0.717) is 23.7 Å². The molecule has 1 aliphatic rings. The lowest BCUT2D eigenvalue weighted by atomic mass is 9.78. The van der Waals surface area contributed by atoms with E-state index < -0.39 is 0 Å². The van der Waals surface area contributed by atoms with E-state index in [2.05, 4.69) is 36.2 Å². The molecule has 4 unspecified atom stereocenters. The molecule has 1 aromatic heterocycles. The SMILES string of the molecule is CC(NC1CCCC(C)C1C)c1nc(-c2ccccc2)no1. The molecule has 4 atom stereocenters. The largest absolute Gasteiger partial charge is 0.337 e. The lowest BCUT2D eigenvalue weighted by molar-refractivity contribution is 0.187. The quantitative estimate of drug-likeness (QED) is 0.918. The second kappa shape index (κ2) is 6.61. The van der Waals surface area contributed by atoms with E-state index in [9.17, 15) is 0 Å². The maximum atomic E-state index is 5.46. The number of benzene rings is 1. The third-order valence-corrected chi connectivity index (χ3v) is 5.02. The van der Waals surface area contributed by atoms with Crippen LogP contribution >= 0.6 is 0 Å². The van der Waals surface area contributed by atoms with E-state index in [0.717, 1.165) is 11.5 Å². The molecule has 4 nitrogen and oxygen atoms in total. The molecule has 0 bridgehead atoms. The smallest absolute Gasteiger partial charge is 0.243 e. The molecule has 3 rings (SSSR count). The topological polar surface area (TPSA) is 51.0 Å². The summed E-state index contributed by atoms with van der Waals surface area (Å²) in [5.74, 6) is 2.80. The molecule has 0 radical (unpaired) electrons. The Kier molecular flexibility index (Phi) is 4.57. The van der Waals surface area contributed by atoms with Gasteiger partial charge in [0.25, 0.3) is 0 Å². The van der Waals surface area contributed by atoms with Crippen LogP contribution in [0.25, 0.3) is 11.4 Å². The first-order valence-corrected chi connectivity index (χ1v) is 8.30. The van der Waals surface area contributed by atoms with Gasteiger partial charge in [0.05, 0.1) is 6.04 Å². The third kappa shape index (κ3) is 3.22. The van der Waals surface area contributed by atoms with Crippen LogP contribution in [0.5, 0.6) is 0 Å². The van der Waals surface area contributed by atoms with Crippen molar-refractivity contribution in [3.05, 3.63) is 36.2 Å². The van der Waals surface area contributed by atoms with Crippen molar-refractivity contribution in [1.29, 1.82) is 0 Å². The second-order valence-corrected chi connectivity index (χ2v) is 6.58. The van der Waals surface area contributed by atoms with E-state index in [1.807, 2.05) is 30.3 Å². The van der Waals surface area contributed by atoms with Gasteiger partial charge in [-0.15, -0.1) is 0 Å². The Morgan fingerprint density at radius 2 is 1.95 bits per heavy atom. The van der Waals surface area contributed by atoms with Gasteiger partial charge in [-0.3, -0.25) is 0 Å². The third-order valence-electron chi connectivity index (χ3n) is 5.02. The molecular weight excluding hydrogens is 274 g/mol. The summed E-state index contributed by atoms with van der Waals surface area (Å²) >= 11 is 0. The van der Waals surface area contributed by atoms with Gasteiger partial charge in [0, 0.05) is 11.6 Å². The summed E-state index contributed by atoms with van der Waals surface area (Å²) in [5.41, 5.74) is 0.990. The highest BCUT2D eigenvalue weighted by molar-refractivity contribution is 5.53. The first kappa shape index (κ1) is 15.2. The molecule has 0 aliphatic heterocycles. The number of rotatable bonds is 4. The van der Waals surface area contributed by atoms with Crippen LogP contribution in [0.3, 0.4) is 0 Å². The number of nitrogens with zero attached hydrogens (tertiary/aromatic N) is 2. The highest BCUT2D eigenvalue weighted by Gasteiger charge is 2.29. The Labute approximate surface area is 132 Å². The maximum absolute atomic E-state index is 5.46. The zero-order chi connectivity index (χ0) is 15.5. The lowest BCUT2D eigenvalue weighted by Gasteiger charge is -2.35. The van der Waals surface area contributed by atoms with E-state index in [4.69, 9.17) is 4.52 Å². The first-order valence-electron chi connectivity index (χ1n) is 8.30. The fourth-order valence-electron chi connectivity index (χ4n) is 3.33. The fraction of sp³-hybridized carbons (Fsp3) is 0.556. The van der Waals surface area contributed by atoms with Crippen LogP contribution in [0.2, 0.25) is 0 Å². The molecule has 1 N–H and O–H groups in total. The van der Waals surface area contributed by atoms with Crippen molar-refractivity contribution in [1.82, 2.24) is 15.5 Å². The average molecular weight is 299 g/mol. The summed E-state index contributed by atoms with van der Waals surface area (Å²) in [5, 5.41) is 7.79. The number of hydrogen-bond donors (Lipinski definition) is 1. The Bertz CT molecular complexity index is 595. The minimum atomic E-state index is 0.0858. The molecular formula is C18H25N3O. The number of hydrogen-bond acceptors (Lipinski definition) is 4. The zero-order valence-electron chi connectivity index (χ0n) is 13.6. The number of nitrogens with one attached hydrogen (secondary N) is 1. The van der Waals surface area contributed by atoms with E-state index in [-0.39, 0.29) is 6.04 Å². The zero-order valence-corrected chi connectivity index (χ0v) is 13.6. The molecule has 1 fully saturated rings. The minimum absolute atomic E-state index is 0.0858. The van der Waals surface area contributed by atoms with Crippen molar-refractivity contribution in [2.45, 2.75) is 52.1 Å². The van der Waals surface area contributed by atoms with Crippen LogP contribution in [-0.4, -0.2) is 16.2 Å². The van der Waals surface area contributed by atoms with Gasteiger partial charge in [-0.2, -0.15) is 4.98 Å². The van der Waals surface area contributed by atoms with Crippen molar-refractivity contribution in [2.24, 2.45) is 11.8 Å². The lowest BCUT2D eigenvalue weighted by Crippen LogP contribution is -2.41. The van der Waals surface area contributed by atoms with Gasteiger partial charge in [-0.25, -0.2) is 0 Å². The highest BCUT2D eigenvalue weighted by atomic mass is 16.5. The van der Waals surface area contributed by atoms with Crippen LogP contribution in [-0.2, 0) is 0 Å². The Morgan fingerprint density at radius 3 is 2.73 bits per heavy atom. The van der Waals surface area contributed by atoms with E-state index in [1.165, 1.54) is 19.3 Å². The summed E-state index contributed by atoms with van der Waals surface area (Å²) in [4.78, 5) is 4.55. The molecule has 1 saturated carbocycles. The standard InChI is InChI=1S/C18H25N3O/c1-12-8-7-11-16(13(12)2)19-14(3)18-20-17(21-22-18)15-9-5-4-6-10-15/h4-6,9-10,12-14,16,19H,7-8,11H2,1-3H3. The van der Waals surface area contributed by atoms with Crippen LogP contribution < -0.4 is 5.32 Å². The van der Waals surface area contributed by atoms with Crippen LogP contribution in [0.4, 0.5) is 0 Å². The molecule has 118 valence electrons. The predicted molar refractivity (Wildman–Crippen MR) is 87.3 cm³/mol. The van der Waals surface area contributed by atoms with E-state index >= 15 is 0 Å². The van der Waals surface area contributed by atoms with Gasteiger partial charge in [0.1, 0.15) is 0 Å². The summed E-state index contributed by atoms with van der Waals surface area (Å²) in [6, 6.07) is 10.6. The summed E-state index contributed by atoms with van der Waals surface area (Å²) < 4.78 is 5.46. The molecule has 4 heteroatoms. The predicted octanol–water partition coefficient (Wildman–Crippen LogP) is 4.21. The molecule has 1 heterocycles. The van der Waals surface area contributed by atoms with Crippen LogP contribution in [0.1, 0.15) is 52.0 Å². The minimum Gasteiger partial charge on any atom is -0.337 e. The van der Waals surface area contributed by atoms with Gasteiger partial charge in [-0.05, 0) is 25.2 Å². The summed E-state index contributed by atoms with van der Waals surface area (Å²) in [6.07, 6.45) is 3.87. The normalized spacial score (nSPS) is 26.8. The summed E-state index contributed by atoms with van der Waals surface area (Å²) in [7, 11) is 0. The average Bonchev–Trinajstić information content (AvgIpc) is 3.03. The Balaban J connectivity index is 1.68. The molecule has 0 amide bonds. The van der Waals surface area contributed by atoms with Crippen molar-refractivity contribution in [3.63, 3.8) is 0 Å². The fourth-order valence-corrected chi connectivity index (χ4v) is 3.33. The number of aromatic nitrogens is 2. The second-order valence-electron chi connectivity index (χ2n) is 6.58. The van der Waals surface area contributed by atoms with Crippen molar-refractivity contribution >= 4 is 0 Å². The molecule has 0 spiro atoms. The van der Waals surface area contributed by atoms with Gasteiger partial charge < -0.3 is 9.84 Å². The van der Waals surface area contributed by atoms with E-state index in [1.54, 1.807) is 0 Å². The molecule has 22 heavy (non-hydrogen) atoms. The molecule has 0 saturated heterocycles. The van der Waals surface area contributed by atoms with Gasteiger partial charge in [0.15, 0.2) is 0 Å². The van der Waals surface area contributed by atoms with Crippen LogP contribution in [0, 0.1) is 11.8 Å².